The number of halogens is 4. The molecule has 10 nitrogen and oxygen atoms in total. The molecule has 0 saturated carbocycles. The largest absolute Gasteiger partial charge is 0.472 e. The Bertz CT molecular complexity index is 1960. The van der Waals surface area contributed by atoms with Gasteiger partial charge in [-0.25, -0.2) is 37.1 Å². The number of hydrogen-bond acceptors (Lipinski definition) is 10. The second-order valence-corrected chi connectivity index (χ2v) is 12.2. The average Bonchev–Trinajstić information content (AvgIpc) is 3.12. The minimum absolute atomic E-state index is 0.0175. The maximum Gasteiger partial charge on any atom is 0.357 e. The fourth-order valence-corrected chi connectivity index (χ4v) is 6.16. The van der Waals surface area contributed by atoms with Gasteiger partial charge in [-0.2, -0.15) is 0 Å². The van der Waals surface area contributed by atoms with E-state index in [-0.39, 0.29) is 66.8 Å². The van der Waals surface area contributed by atoms with Crippen LogP contribution in [-0.4, -0.2) is 74.3 Å². The van der Waals surface area contributed by atoms with Gasteiger partial charge < -0.3 is 28.4 Å². The first-order valence-corrected chi connectivity index (χ1v) is 16.9. The van der Waals surface area contributed by atoms with Crippen molar-refractivity contribution >= 4 is 11.9 Å². The number of carbonyl (C=O) groups excluding carboxylic acids is 2. The third-order valence-corrected chi connectivity index (χ3v) is 8.62. The Morgan fingerprint density at radius 3 is 1.73 bits per heavy atom. The SMILES string of the molecule is CCOC(=O)c1cc(-c2ccc(F)cc2F)c2c(n1)O[C@@H](COCCCOC(=O)c1cc(-c3ccc(F)cc3F)c3c(n1)O[C@H](COC)CC3)CC2. The zero-order valence-electron chi connectivity index (χ0n) is 28.5. The maximum absolute atomic E-state index is 14.9. The van der Waals surface area contributed by atoms with Gasteiger partial charge in [0, 0.05) is 54.5 Å². The van der Waals surface area contributed by atoms with Gasteiger partial charge in [-0.1, -0.05) is 0 Å². The Balaban J connectivity index is 1.07. The topological polar surface area (TPSA) is 115 Å². The van der Waals surface area contributed by atoms with E-state index in [1.807, 2.05) is 0 Å². The van der Waals surface area contributed by atoms with Crippen LogP contribution in [0.1, 0.15) is 58.3 Å². The van der Waals surface area contributed by atoms with Gasteiger partial charge in [-0.05, 0) is 80.1 Å². The molecule has 0 unspecified atom stereocenters. The van der Waals surface area contributed by atoms with E-state index in [9.17, 15) is 27.2 Å². The van der Waals surface area contributed by atoms with Crippen LogP contribution in [0.25, 0.3) is 22.3 Å². The number of hydrogen-bond donors (Lipinski definition) is 0. The number of carbonyl (C=O) groups is 2. The summed E-state index contributed by atoms with van der Waals surface area (Å²) in [5, 5.41) is 0. The van der Waals surface area contributed by atoms with E-state index in [2.05, 4.69) is 9.97 Å². The van der Waals surface area contributed by atoms with Gasteiger partial charge in [-0.15, -0.1) is 0 Å². The summed E-state index contributed by atoms with van der Waals surface area (Å²) < 4.78 is 90.5. The summed E-state index contributed by atoms with van der Waals surface area (Å²) >= 11 is 0. The van der Waals surface area contributed by atoms with Gasteiger partial charge in [0.05, 0.1) is 26.4 Å². The van der Waals surface area contributed by atoms with E-state index in [4.69, 9.17) is 28.4 Å². The molecule has 4 aromatic rings. The minimum Gasteiger partial charge on any atom is -0.472 e. The van der Waals surface area contributed by atoms with Gasteiger partial charge >= 0.3 is 11.9 Å². The third-order valence-electron chi connectivity index (χ3n) is 8.62. The summed E-state index contributed by atoms with van der Waals surface area (Å²) in [6.07, 6.45) is 1.56. The van der Waals surface area contributed by atoms with Crippen molar-refractivity contribution in [3.8, 4) is 34.0 Å². The summed E-state index contributed by atoms with van der Waals surface area (Å²) in [5.74, 6) is -4.20. The van der Waals surface area contributed by atoms with E-state index in [0.29, 0.717) is 61.0 Å². The molecule has 4 heterocycles. The molecule has 2 aromatic carbocycles. The lowest BCUT2D eigenvalue weighted by Crippen LogP contribution is -2.29. The Kier molecular flexibility index (Phi) is 11.7. The van der Waals surface area contributed by atoms with Gasteiger partial charge in [0.1, 0.15) is 35.5 Å². The number of aromatic nitrogens is 2. The lowest BCUT2D eigenvalue weighted by atomic mass is 9.94. The van der Waals surface area contributed by atoms with Crippen molar-refractivity contribution in [2.75, 3.05) is 40.1 Å². The monoisotopic (exact) mass is 724 g/mol. The number of nitrogens with zero attached hydrogens (tertiary/aromatic N) is 2. The van der Waals surface area contributed by atoms with Gasteiger partial charge in [0.15, 0.2) is 11.4 Å². The van der Waals surface area contributed by atoms with Crippen molar-refractivity contribution < 1.29 is 55.6 Å². The molecule has 0 aliphatic carbocycles. The smallest absolute Gasteiger partial charge is 0.357 e. The third kappa shape index (κ3) is 8.34. The van der Waals surface area contributed by atoms with E-state index < -0.39 is 41.3 Å². The fourth-order valence-electron chi connectivity index (χ4n) is 6.16. The molecule has 2 aromatic heterocycles. The van der Waals surface area contributed by atoms with Crippen LogP contribution in [0.15, 0.2) is 48.5 Å². The lowest BCUT2D eigenvalue weighted by Gasteiger charge is -2.27. The quantitative estimate of drug-likeness (QED) is 0.0825. The molecule has 0 spiro atoms. The predicted octanol–water partition coefficient (Wildman–Crippen LogP) is 6.84. The van der Waals surface area contributed by atoms with E-state index in [1.165, 1.54) is 24.3 Å². The molecular formula is C38H36F4N2O8. The van der Waals surface area contributed by atoms with Crippen LogP contribution in [0.5, 0.6) is 11.8 Å². The van der Waals surface area contributed by atoms with Gasteiger partial charge in [0.25, 0.3) is 0 Å². The lowest BCUT2D eigenvalue weighted by molar-refractivity contribution is 0.0233. The highest BCUT2D eigenvalue weighted by atomic mass is 19.1. The highest BCUT2D eigenvalue weighted by Gasteiger charge is 2.29. The summed E-state index contributed by atoms with van der Waals surface area (Å²) in [6, 6.07) is 9.27. The number of fused-ring (bicyclic) bond motifs is 2. The molecule has 0 bridgehead atoms. The van der Waals surface area contributed by atoms with E-state index in [0.717, 1.165) is 24.3 Å². The maximum atomic E-state index is 14.9. The van der Waals surface area contributed by atoms with Gasteiger partial charge in [-0.3, -0.25) is 0 Å². The van der Waals surface area contributed by atoms with Crippen molar-refractivity contribution in [3.63, 3.8) is 0 Å². The summed E-state index contributed by atoms with van der Waals surface area (Å²) in [5.41, 5.74) is 1.93. The molecule has 274 valence electrons. The molecule has 2 atom stereocenters. The van der Waals surface area contributed by atoms with E-state index >= 15 is 0 Å². The van der Waals surface area contributed by atoms with Crippen LogP contribution in [-0.2, 0) is 31.8 Å². The van der Waals surface area contributed by atoms with Crippen molar-refractivity contribution in [3.05, 3.63) is 94.3 Å². The zero-order chi connectivity index (χ0) is 36.8. The van der Waals surface area contributed by atoms with Crippen LogP contribution in [0.3, 0.4) is 0 Å². The Labute approximate surface area is 297 Å². The Hall–Kier alpha value is -5.08. The molecule has 14 heteroatoms. The van der Waals surface area contributed by atoms with Crippen LogP contribution in [0.2, 0.25) is 0 Å². The number of rotatable bonds is 13. The van der Waals surface area contributed by atoms with Crippen molar-refractivity contribution in [1.82, 2.24) is 9.97 Å². The number of pyridine rings is 2. The van der Waals surface area contributed by atoms with Crippen molar-refractivity contribution in [1.29, 1.82) is 0 Å². The molecule has 0 fully saturated rings. The first-order chi connectivity index (χ1) is 25.1. The number of esters is 2. The van der Waals surface area contributed by atoms with Crippen LogP contribution in [0, 0.1) is 23.3 Å². The molecule has 2 aliphatic heterocycles. The minimum atomic E-state index is -0.789. The molecule has 0 N–H and O–H groups in total. The van der Waals surface area contributed by atoms with Crippen molar-refractivity contribution in [2.45, 2.75) is 51.2 Å². The molecule has 0 saturated heterocycles. The van der Waals surface area contributed by atoms with Crippen molar-refractivity contribution in [2.24, 2.45) is 0 Å². The summed E-state index contributed by atoms with van der Waals surface area (Å²) in [7, 11) is 1.54. The van der Waals surface area contributed by atoms with Crippen LogP contribution >= 0.6 is 0 Å². The molecular weight excluding hydrogens is 688 g/mol. The van der Waals surface area contributed by atoms with Crippen LogP contribution in [0.4, 0.5) is 17.6 Å². The Morgan fingerprint density at radius 2 is 1.23 bits per heavy atom. The first kappa shape index (κ1) is 36.7. The van der Waals surface area contributed by atoms with Crippen LogP contribution < -0.4 is 9.47 Å². The zero-order valence-corrected chi connectivity index (χ0v) is 28.5. The average molecular weight is 725 g/mol. The van der Waals surface area contributed by atoms with Gasteiger partial charge in [0.2, 0.25) is 11.8 Å². The molecule has 2 aliphatic rings. The molecule has 0 amide bonds. The summed E-state index contributed by atoms with van der Waals surface area (Å²) in [6.45, 7) is 2.39. The molecule has 0 radical (unpaired) electrons. The number of benzene rings is 2. The molecule has 6 rings (SSSR count). The normalized spacial score (nSPS) is 16.3. The standard InChI is InChI=1S/C38H36F4N2O8/c1-3-49-37(45)33-17-29(25-9-5-21(39)15-31(25)41)28-12-8-24(52-36(28)43-33)20-48-13-4-14-50-38(46)34-18-30(26-10-6-22(40)16-32(26)42)27-11-7-23(19-47-2)51-35(27)44-34/h5-6,9-10,15-18,23-24H,3-4,7-8,11-14,19-20H2,1-2H3/t23-,24+/m0/s1. The number of ether oxygens (including phenoxy) is 6. The highest BCUT2D eigenvalue weighted by Crippen LogP contribution is 2.38. The highest BCUT2D eigenvalue weighted by molar-refractivity contribution is 5.91. The summed E-state index contributed by atoms with van der Waals surface area (Å²) in [4.78, 5) is 34.3. The number of methoxy groups -OCH3 is 1. The first-order valence-electron chi connectivity index (χ1n) is 16.9. The predicted molar refractivity (Wildman–Crippen MR) is 178 cm³/mol. The molecule has 52 heavy (non-hydrogen) atoms. The second-order valence-electron chi connectivity index (χ2n) is 12.2. The van der Waals surface area contributed by atoms with E-state index in [1.54, 1.807) is 14.0 Å². The fraction of sp³-hybridized carbons (Fsp3) is 0.368. The second kappa shape index (κ2) is 16.5. The Morgan fingerprint density at radius 1 is 0.712 bits per heavy atom.